The minimum absolute atomic E-state index is 0.347. The van der Waals surface area contributed by atoms with Gasteiger partial charge in [0.05, 0.1) is 31.6 Å². The molecule has 36 heavy (non-hydrogen) atoms. The van der Waals surface area contributed by atoms with Gasteiger partial charge in [-0.15, -0.1) is 0 Å². The van der Waals surface area contributed by atoms with Gasteiger partial charge in [-0.05, 0) is 42.0 Å². The Kier molecular flexibility index (Phi) is 6.49. The maximum atomic E-state index is 12.8. The van der Waals surface area contributed by atoms with Crippen LogP contribution in [-0.2, 0) is 0 Å². The fourth-order valence-electron chi connectivity index (χ4n) is 4.32. The normalized spacial score (nSPS) is 11.1. The molecular weight excluding hydrogens is 450 g/mol. The minimum atomic E-state index is -0.347. The fraction of sp³-hybridized carbons (Fsp3) is 0.0667. The Labute approximate surface area is 209 Å². The SMILES string of the molecule is COc1ccc(C(=O)NN=Cc2c(-c3ccccc3)n(-c3ccccc3)c3ccccc23)cc1OC. The lowest BCUT2D eigenvalue weighted by atomic mass is 10.1. The van der Waals surface area contributed by atoms with Crippen LogP contribution in [0.1, 0.15) is 15.9 Å². The highest BCUT2D eigenvalue weighted by atomic mass is 16.5. The first-order valence-corrected chi connectivity index (χ1v) is 11.5. The summed E-state index contributed by atoms with van der Waals surface area (Å²) in [6.45, 7) is 0. The maximum absolute atomic E-state index is 12.8. The zero-order valence-electron chi connectivity index (χ0n) is 20.0. The molecule has 0 fully saturated rings. The summed E-state index contributed by atoms with van der Waals surface area (Å²) >= 11 is 0. The van der Waals surface area contributed by atoms with Gasteiger partial charge in [-0.25, -0.2) is 5.43 Å². The van der Waals surface area contributed by atoms with Gasteiger partial charge in [-0.1, -0.05) is 66.7 Å². The summed E-state index contributed by atoms with van der Waals surface area (Å²) in [5.41, 5.74) is 8.11. The molecular formula is C30H25N3O3. The molecule has 0 aliphatic rings. The van der Waals surface area contributed by atoms with Crippen LogP contribution in [0.2, 0.25) is 0 Å². The van der Waals surface area contributed by atoms with E-state index in [2.05, 4.69) is 51.5 Å². The first-order valence-electron chi connectivity index (χ1n) is 11.5. The molecule has 0 saturated heterocycles. The highest BCUT2D eigenvalue weighted by Crippen LogP contribution is 2.35. The summed E-state index contributed by atoms with van der Waals surface area (Å²) < 4.78 is 12.8. The Morgan fingerprint density at radius 3 is 2.19 bits per heavy atom. The van der Waals surface area contributed by atoms with E-state index < -0.39 is 0 Å². The van der Waals surface area contributed by atoms with Gasteiger partial charge in [0.15, 0.2) is 11.5 Å². The van der Waals surface area contributed by atoms with Crippen LogP contribution in [0.5, 0.6) is 11.5 Å². The van der Waals surface area contributed by atoms with Crippen molar-refractivity contribution in [2.75, 3.05) is 14.2 Å². The number of fused-ring (bicyclic) bond motifs is 1. The number of hydrogen-bond donors (Lipinski definition) is 1. The summed E-state index contributed by atoms with van der Waals surface area (Å²) in [6.07, 6.45) is 1.71. The molecule has 0 atom stereocenters. The predicted octanol–water partition coefficient (Wildman–Crippen LogP) is 6.08. The van der Waals surface area contributed by atoms with E-state index in [1.54, 1.807) is 31.5 Å². The summed E-state index contributed by atoms with van der Waals surface area (Å²) in [5, 5.41) is 5.38. The number of hydrazone groups is 1. The zero-order valence-corrected chi connectivity index (χ0v) is 20.0. The van der Waals surface area contributed by atoms with E-state index in [9.17, 15) is 4.79 Å². The van der Waals surface area contributed by atoms with Gasteiger partial charge in [0.1, 0.15) is 0 Å². The van der Waals surface area contributed by atoms with Crippen molar-refractivity contribution in [3.8, 4) is 28.4 Å². The molecule has 0 bridgehead atoms. The molecule has 4 aromatic carbocycles. The predicted molar refractivity (Wildman–Crippen MR) is 143 cm³/mol. The number of carbonyl (C=O) groups is 1. The number of ether oxygens (including phenoxy) is 2. The zero-order chi connectivity index (χ0) is 24.9. The molecule has 1 aromatic heterocycles. The molecule has 0 spiro atoms. The lowest BCUT2D eigenvalue weighted by Gasteiger charge is -2.12. The Morgan fingerprint density at radius 1 is 0.806 bits per heavy atom. The van der Waals surface area contributed by atoms with E-state index in [-0.39, 0.29) is 5.91 Å². The third-order valence-corrected chi connectivity index (χ3v) is 5.98. The van der Waals surface area contributed by atoms with Gasteiger partial charge in [0.2, 0.25) is 0 Å². The first-order chi connectivity index (χ1) is 17.7. The molecule has 5 rings (SSSR count). The molecule has 0 aliphatic carbocycles. The monoisotopic (exact) mass is 475 g/mol. The van der Waals surface area contributed by atoms with Crippen LogP contribution < -0.4 is 14.9 Å². The van der Waals surface area contributed by atoms with E-state index in [0.717, 1.165) is 33.4 Å². The Bertz CT molecular complexity index is 1540. The number of benzene rings is 4. The van der Waals surface area contributed by atoms with Crippen LogP contribution in [0.25, 0.3) is 27.8 Å². The molecule has 0 saturated carbocycles. The van der Waals surface area contributed by atoms with Crippen molar-refractivity contribution in [2.45, 2.75) is 0 Å². The summed E-state index contributed by atoms with van der Waals surface area (Å²) in [5.74, 6) is 0.686. The van der Waals surface area contributed by atoms with Crippen molar-refractivity contribution in [3.63, 3.8) is 0 Å². The van der Waals surface area contributed by atoms with Crippen molar-refractivity contribution < 1.29 is 14.3 Å². The van der Waals surface area contributed by atoms with Crippen LogP contribution in [-0.4, -0.2) is 30.9 Å². The molecule has 0 aliphatic heterocycles. The second-order valence-corrected chi connectivity index (χ2v) is 8.09. The first kappa shape index (κ1) is 22.9. The minimum Gasteiger partial charge on any atom is -0.493 e. The fourth-order valence-corrected chi connectivity index (χ4v) is 4.32. The summed E-state index contributed by atoms with van der Waals surface area (Å²) in [4.78, 5) is 12.8. The van der Waals surface area contributed by atoms with Crippen molar-refractivity contribution >= 4 is 23.0 Å². The van der Waals surface area contributed by atoms with E-state index >= 15 is 0 Å². The standard InChI is InChI=1S/C30H25N3O3/c1-35-27-18-17-22(19-28(27)36-2)30(34)32-31-20-25-24-15-9-10-16-26(24)33(23-13-7-4-8-14-23)29(25)21-11-5-3-6-12-21/h3-20H,1-2H3,(H,32,34). The lowest BCUT2D eigenvalue weighted by Crippen LogP contribution is -2.17. The third-order valence-electron chi connectivity index (χ3n) is 5.98. The van der Waals surface area contributed by atoms with Crippen LogP contribution in [0, 0.1) is 0 Å². The molecule has 6 nitrogen and oxygen atoms in total. The van der Waals surface area contributed by atoms with Crippen LogP contribution in [0.3, 0.4) is 0 Å². The van der Waals surface area contributed by atoms with Crippen molar-refractivity contribution in [3.05, 3.63) is 114 Å². The van der Waals surface area contributed by atoms with Crippen LogP contribution in [0.4, 0.5) is 0 Å². The average molecular weight is 476 g/mol. The summed E-state index contributed by atoms with van der Waals surface area (Å²) in [6, 6.07) is 33.6. The molecule has 1 heterocycles. The molecule has 1 amide bonds. The van der Waals surface area contributed by atoms with Gasteiger partial charge in [0.25, 0.3) is 5.91 Å². The number of nitrogens with zero attached hydrogens (tertiary/aromatic N) is 2. The van der Waals surface area contributed by atoms with Crippen LogP contribution >= 0.6 is 0 Å². The largest absolute Gasteiger partial charge is 0.493 e. The number of methoxy groups -OCH3 is 2. The molecule has 1 N–H and O–H groups in total. The maximum Gasteiger partial charge on any atom is 0.271 e. The molecule has 178 valence electrons. The lowest BCUT2D eigenvalue weighted by molar-refractivity contribution is 0.0954. The number of rotatable bonds is 7. The number of carbonyl (C=O) groups excluding carboxylic acids is 1. The number of hydrogen-bond acceptors (Lipinski definition) is 4. The van der Waals surface area contributed by atoms with Gasteiger partial charge in [0, 0.05) is 22.2 Å². The van der Waals surface area contributed by atoms with Gasteiger partial charge >= 0.3 is 0 Å². The second-order valence-electron chi connectivity index (χ2n) is 8.09. The summed E-state index contributed by atoms with van der Waals surface area (Å²) in [7, 11) is 3.09. The van der Waals surface area contributed by atoms with Crippen molar-refractivity contribution in [1.29, 1.82) is 0 Å². The average Bonchev–Trinajstić information content (AvgIpc) is 3.27. The number of amides is 1. The van der Waals surface area contributed by atoms with Crippen molar-refractivity contribution in [2.24, 2.45) is 5.10 Å². The second kappa shape index (κ2) is 10.2. The Balaban J connectivity index is 1.58. The Morgan fingerprint density at radius 2 is 1.47 bits per heavy atom. The smallest absolute Gasteiger partial charge is 0.271 e. The van der Waals surface area contributed by atoms with Gasteiger partial charge in [-0.2, -0.15) is 5.10 Å². The van der Waals surface area contributed by atoms with Gasteiger partial charge in [-0.3, -0.25) is 4.79 Å². The quantitative estimate of drug-likeness (QED) is 0.229. The van der Waals surface area contributed by atoms with Crippen LogP contribution in [0.15, 0.2) is 108 Å². The van der Waals surface area contributed by atoms with E-state index in [1.165, 1.54) is 7.11 Å². The van der Waals surface area contributed by atoms with E-state index in [0.29, 0.717) is 17.1 Å². The highest BCUT2D eigenvalue weighted by molar-refractivity contribution is 6.08. The molecule has 0 radical (unpaired) electrons. The molecule has 5 aromatic rings. The Hall–Kier alpha value is -4.84. The highest BCUT2D eigenvalue weighted by Gasteiger charge is 2.18. The third kappa shape index (κ3) is 4.32. The van der Waals surface area contributed by atoms with Crippen molar-refractivity contribution in [1.82, 2.24) is 9.99 Å². The van der Waals surface area contributed by atoms with E-state index in [1.807, 2.05) is 48.5 Å². The number of para-hydroxylation sites is 2. The molecule has 0 unspecified atom stereocenters. The topological polar surface area (TPSA) is 64.8 Å². The number of aromatic nitrogens is 1. The number of nitrogens with one attached hydrogen (secondary N) is 1. The van der Waals surface area contributed by atoms with Gasteiger partial charge < -0.3 is 14.0 Å². The van der Waals surface area contributed by atoms with E-state index in [4.69, 9.17) is 9.47 Å². The molecule has 6 heteroatoms.